The van der Waals surface area contributed by atoms with Gasteiger partial charge >= 0.3 is 5.97 Å². The first kappa shape index (κ1) is 27.0. The number of ether oxygens (including phenoxy) is 2. The molecule has 172 valence electrons. The van der Waals surface area contributed by atoms with Crippen LogP contribution in [0.1, 0.15) is 61.8 Å². The minimum absolute atomic E-state index is 0.105. The zero-order valence-electron chi connectivity index (χ0n) is 19.7. The van der Waals surface area contributed by atoms with Gasteiger partial charge < -0.3 is 14.0 Å². The van der Waals surface area contributed by atoms with Crippen LogP contribution in [-0.4, -0.2) is 67.8 Å². The van der Waals surface area contributed by atoms with Crippen LogP contribution in [0.5, 0.6) is 0 Å². The second kappa shape index (κ2) is 11.0. The average Bonchev–Trinajstić information content (AvgIpc) is 2.54. The summed E-state index contributed by atoms with van der Waals surface area (Å²) >= 11 is 1.30. The maximum Gasteiger partial charge on any atom is 0.311 e. The standard InChI is InChI=1S/C21H42NO5PS/c1-19(2,3)17-28(24,27-20(4,5)6)29-16-15-26-18(23)21(7,8)9-10-22-11-13-25-14-12-22/h9-17H2,1-8H3. The molecule has 0 saturated carbocycles. The Morgan fingerprint density at radius 1 is 1.07 bits per heavy atom. The van der Waals surface area contributed by atoms with E-state index in [1.165, 1.54) is 11.4 Å². The van der Waals surface area contributed by atoms with Crippen LogP contribution >= 0.6 is 18.0 Å². The molecule has 0 bridgehead atoms. The molecule has 1 saturated heterocycles. The van der Waals surface area contributed by atoms with E-state index < -0.39 is 17.6 Å². The Morgan fingerprint density at radius 3 is 2.17 bits per heavy atom. The zero-order valence-corrected chi connectivity index (χ0v) is 21.4. The fraction of sp³-hybridized carbons (Fsp3) is 0.952. The van der Waals surface area contributed by atoms with Crippen molar-refractivity contribution >= 4 is 23.9 Å². The predicted molar refractivity (Wildman–Crippen MR) is 122 cm³/mol. The van der Waals surface area contributed by atoms with Crippen LogP contribution in [0.3, 0.4) is 0 Å². The Hall–Kier alpha value is -0.0700. The Bertz CT molecular complexity index is 542. The molecule has 29 heavy (non-hydrogen) atoms. The molecule has 1 atom stereocenters. The highest BCUT2D eigenvalue weighted by molar-refractivity contribution is 8.56. The van der Waals surface area contributed by atoms with Gasteiger partial charge in [0.2, 0.25) is 0 Å². The maximum absolute atomic E-state index is 13.3. The van der Waals surface area contributed by atoms with E-state index in [0.29, 0.717) is 11.9 Å². The number of nitrogens with zero attached hydrogens (tertiary/aromatic N) is 1. The largest absolute Gasteiger partial charge is 0.464 e. The lowest BCUT2D eigenvalue weighted by Crippen LogP contribution is -2.39. The molecule has 1 aliphatic rings. The molecular formula is C21H42NO5PS. The fourth-order valence-corrected chi connectivity index (χ4v) is 8.94. The normalized spacial score (nSPS) is 19.0. The van der Waals surface area contributed by atoms with E-state index in [1.807, 2.05) is 34.6 Å². The topological polar surface area (TPSA) is 65.1 Å². The van der Waals surface area contributed by atoms with E-state index in [0.717, 1.165) is 39.3 Å². The minimum atomic E-state index is -2.89. The van der Waals surface area contributed by atoms with Crippen LogP contribution in [0, 0.1) is 10.8 Å². The molecule has 0 aromatic heterocycles. The third-order valence-electron chi connectivity index (χ3n) is 4.39. The van der Waals surface area contributed by atoms with E-state index in [2.05, 4.69) is 25.7 Å². The van der Waals surface area contributed by atoms with Crippen LogP contribution < -0.4 is 0 Å². The van der Waals surface area contributed by atoms with Crippen LogP contribution in [0.2, 0.25) is 0 Å². The molecule has 0 amide bonds. The van der Waals surface area contributed by atoms with Crippen molar-refractivity contribution in [2.75, 3.05) is 51.4 Å². The molecule has 0 radical (unpaired) electrons. The molecule has 0 aliphatic carbocycles. The second-order valence-corrected chi connectivity index (χ2v) is 15.4. The number of carbonyl (C=O) groups is 1. The zero-order chi connectivity index (χ0) is 22.3. The van der Waals surface area contributed by atoms with Crippen molar-refractivity contribution in [3.8, 4) is 0 Å². The molecule has 1 heterocycles. The van der Waals surface area contributed by atoms with Crippen molar-refractivity contribution in [1.82, 2.24) is 4.90 Å². The van der Waals surface area contributed by atoms with Crippen molar-refractivity contribution in [2.45, 2.75) is 67.4 Å². The van der Waals surface area contributed by atoms with Crippen LogP contribution in [0.4, 0.5) is 0 Å². The van der Waals surface area contributed by atoms with Gasteiger partial charge in [-0.25, -0.2) is 0 Å². The Morgan fingerprint density at radius 2 is 1.66 bits per heavy atom. The Kier molecular flexibility index (Phi) is 10.2. The lowest BCUT2D eigenvalue weighted by Gasteiger charge is -2.31. The molecule has 1 aliphatic heterocycles. The third-order valence-corrected chi connectivity index (χ3v) is 9.64. The number of morpholine rings is 1. The minimum Gasteiger partial charge on any atom is -0.464 e. The molecule has 1 fully saturated rings. The van der Waals surface area contributed by atoms with Crippen molar-refractivity contribution in [2.24, 2.45) is 10.8 Å². The number of carbonyl (C=O) groups excluding carboxylic acids is 1. The van der Waals surface area contributed by atoms with Gasteiger partial charge in [0.15, 0.2) is 0 Å². The van der Waals surface area contributed by atoms with E-state index in [1.54, 1.807) is 0 Å². The molecule has 0 aromatic carbocycles. The second-order valence-electron chi connectivity index (χ2n) is 10.6. The summed E-state index contributed by atoms with van der Waals surface area (Å²) < 4.78 is 30.2. The molecule has 1 unspecified atom stereocenters. The lowest BCUT2D eigenvalue weighted by molar-refractivity contribution is -0.153. The third kappa shape index (κ3) is 11.8. The van der Waals surface area contributed by atoms with Crippen molar-refractivity contribution < 1.29 is 23.4 Å². The van der Waals surface area contributed by atoms with Gasteiger partial charge in [0.05, 0.1) is 24.2 Å². The lowest BCUT2D eigenvalue weighted by atomic mass is 9.89. The molecule has 0 N–H and O–H groups in total. The summed E-state index contributed by atoms with van der Waals surface area (Å²) in [7, 11) is 0. The van der Waals surface area contributed by atoms with Crippen molar-refractivity contribution in [3.05, 3.63) is 0 Å². The summed E-state index contributed by atoms with van der Waals surface area (Å²) in [6.07, 6.45) is 1.23. The number of hydrogen-bond donors (Lipinski definition) is 0. The van der Waals surface area contributed by atoms with E-state index in [-0.39, 0.29) is 18.0 Å². The number of hydrogen-bond acceptors (Lipinski definition) is 7. The highest BCUT2D eigenvalue weighted by Crippen LogP contribution is 2.64. The van der Waals surface area contributed by atoms with Gasteiger partial charge in [-0.3, -0.25) is 14.3 Å². The van der Waals surface area contributed by atoms with Crippen molar-refractivity contribution in [3.63, 3.8) is 0 Å². The Balaban J connectivity index is 2.47. The molecule has 0 aromatic rings. The molecular weight excluding hydrogens is 409 g/mol. The summed E-state index contributed by atoms with van der Waals surface area (Å²) in [6, 6.07) is 0. The summed E-state index contributed by atoms with van der Waals surface area (Å²) in [4.78, 5) is 14.9. The van der Waals surface area contributed by atoms with Crippen molar-refractivity contribution in [1.29, 1.82) is 0 Å². The monoisotopic (exact) mass is 451 g/mol. The Labute approximate surface area is 182 Å². The van der Waals surface area contributed by atoms with Gasteiger partial charge in [-0.2, -0.15) is 0 Å². The maximum atomic E-state index is 13.3. The van der Waals surface area contributed by atoms with Gasteiger partial charge in [-0.1, -0.05) is 32.2 Å². The van der Waals surface area contributed by atoms with E-state index >= 15 is 0 Å². The fourth-order valence-electron chi connectivity index (χ4n) is 2.97. The number of rotatable bonds is 10. The van der Waals surface area contributed by atoms with E-state index in [9.17, 15) is 9.36 Å². The molecule has 0 spiro atoms. The van der Waals surface area contributed by atoms with Gasteiger partial charge in [-0.15, -0.1) is 0 Å². The van der Waals surface area contributed by atoms with Crippen LogP contribution in [-0.2, 0) is 23.4 Å². The first-order chi connectivity index (χ1) is 13.1. The molecule has 1 rings (SSSR count). The van der Waals surface area contributed by atoms with Crippen LogP contribution in [0.25, 0.3) is 0 Å². The summed E-state index contributed by atoms with van der Waals surface area (Å²) in [5, 5.41) is 0. The first-order valence-corrected chi connectivity index (χ1v) is 13.9. The average molecular weight is 452 g/mol. The molecule has 8 heteroatoms. The predicted octanol–water partition coefficient (Wildman–Crippen LogP) is 5.07. The summed E-state index contributed by atoms with van der Waals surface area (Å²) in [5.74, 6) is 0.267. The quantitative estimate of drug-likeness (QED) is 0.261. The van der Waals surface area contributed by atoms with Gasteiger partial charge in [0.1, 0.15) is 6.61 Å². The van der Waals surface area contributed by atoms with E-state index in [4.69, 9.17) is 14.0 Å². The molecule has 6 nitrogen and oxygen atoms in total. The summed E-state index contributed by atoms with van der Waals surface area (Å²) in [6.45, 7) is 17.3. The SMILES string of the molecule is CC(C)(C)CP(=O)(OC(C)(C)C)SCCOC(=O)C(C)(C)CCN1CCOCC1. The summed E-state index contributed by atoms with van der Waals surface area (Å²) in [5.41, 5.74) is -1.13. The first-order valence-electron chi connectivity index (χ1n) is 10.5. The van der Waals surface area contributed by atoms with Crippen LogP contribution in [0.15, 0.2) is 0 Å². The van der Waals surface area contributed by atoms with Gasteiger partial charge in [0, 0.05) is 25.0 Å². The highest BCUT2D eigenvalue weighted by atomic mass is 32.7. The van der Waals surface area contributed by atoms with Gasteiger partial charge in [-0.05, 0) is 53.0 Å². The highest BCUT2D eigenvalue weighted by Gasteiger charge is 2.35. The van der Waals surface area contributed by atoms with Gasteiger partial charge in [0.25, 0.3) is 6.57 Å². The number of esters is 1. The smallest absolute Gasteiger partial charge is 0.311 e.